The largest absolute Gasteiger partial charge is 0.473 e. The number of piperidine rings is 1. The summed E-state index contributed by atoms with van der Waals surface area (Å²) in [6.07, 6.45) is 7.40. The fourth-order valence-corrected chi connectivity index (χ4v) is 2.24. The van der Waals surface area contributed by atoms with Gasteiger partial charge in [-0.15, -0.1) is 0 Å². The fraction of sp³-hybridized carbons (Fsp3) is 0.462. The van der Waals surface area contributed by atoms with Crippen molar-refractivity contribution in [3.8, 4) is 17.3 Å². The normalized spacial score (nSPS) is 16.5. The van der Waals surface area contributed by atoms with Crippen molar-refractivity contribution in [2.45, 2.75) is 18.9 Å². The molecule has 19 heavy (non-hydrogen) atoms. The summed E-state index contributed by atoms with van der Waals surface area (Å²) in [5.74, 6) is 0.589. The molecule has 2 aromatic rings. The zero-order valence-electron chi connectivity index (χ0n) is 10.9. The van der Waals surface area contributed by atoms with E-state index in [1.165, 1.54) is 0 Å². The quantitative estimate of drug-likeness (QED) is 0.891. The lowest BCUT2D eigenvalue weighted by molar-refractivity contribution is 0.155. The van der Waals surface area contributed by atoms with Gasteiger partial charge >= 0.3 is 0 Å². The number of rotatable bonds is 3. The molecule has 0 amide bonds. The topological polar surface area (TPSA) is 64.9 Å². The number of ether oxygens (including phenoxy) is 1. The number of hydrogen-bond donors (Lipinski definition) is 1. The predicted molar refractivity (Wildman–Crippen MR) is 70.8 cm³/mol. The van der Waals surface area contributed by atoms with Crippen LogP contribution in [0.25, 0.3) is 11.4 Å². The summed E-state index contributed by atoms with van der Waals surface area (Å²) in [6.45, 7) is 2.00. The second-order valence-electron chi connectivity index (χ2n) is 4.65. The molecule has 1 saturated heterocycles. The van der Waals surface area contributed by atoms with E-state index in [-0.39, 0.29) is 6.10 Å². The van der Waals surface area contributed by atoms with Gasteiger partial charge in [-0.1, -0.05) is 0 Å². The molecular formula is C13H17N5O. The molecule has 1 aliphatic rings. The molecule has 100 valence electrons. The Hall–Kier alpha value is -1.95. The number of nitrogens with one attached hydrogen (secondary N) is 1. The lowest BCUT2D eigenvalue weighted by atomic mass is 10.1. The molecule has 3 heterocycles. The molecule has 0 saturated carbocycles. The van der Waals surface area contributed by atoms with Gasteiger partial charge in [0.05, 0.1) is 18.1 Å². The van der Waals surface area contributed by atoms with E-state index in [4.69, 9.17) is 4.74 Å². The number of aromatic nitrogens is 4. The van der Waals surface area contributed by atoms with E-state index in [0.29, 0.717) is 5.88 Å². The third-order valence-corrected chi connectivity index (χ3v) is 3.27. The third kappa shape index (κ3) is 2.73. The Balaban J connectivity index is 1.78. The molecule has 2 aromatic heterocycles. The van der Waals surface area contributed by atoms with Crippen molar-refractivity contribution in [2.75, 3.05) is 13.1 Å². The Labute approximate surface area is 111 Å². The second kappa shape index (κ2) is 5.36. The van der Waals surface area contributed by atoms with Gasteiger partial charge in [-0.25, -0.2) is 4.98 Å². The zero-order chi connectivity index (χ0) is 13.1. The number of hydrogen-bond acceptors (Lipinski definition) is 5. The number of aryl methyl sites for hydroxylation is 1. The summed E-state index contributed by atoms with van der Waals surface area (Å²) in [7, 11) is 1.89. The minimum absolute atomic E-state index is 0.234. The van der Waals surface area contributed by atoms with Crippen molar-refractivity contribution in [1.29, 1.82) is 0 Å². The van der Waals surface area contributed by atoms with Crippen LogP contribution in [-0.4, -0.2) is 38.9 Å². The van der Waals surface area contributed by atoms with Gasteiger partial charge in [0.1, 0.15) is 11.8 Å². The van der Waals surface area contributed by atoms with Crippen LogP contribution < -0.4 is 10.1 Å². The van der Waals surface area contributed by atoms with Crippen LogP contribution in [0, 0.1) is 0 Å². The summed E-state index contributed by atoms with van der Waals surface area (Å²) in [6, 6.07) is 1.92. The Morgan fingerprint density at radius 2 is 2.16 bits per heavy atom. The minimum Gasteiger partial charge on any atom is -0.473 e. The molecule has 0 atom stereocenters. The zero-order valence-corrected chi connectivity index (χ0v) is 10.9. The van der Waals surface area contributed by atoms with Gasteiger partial charge in [0, 0.05) is 13.2 Å². The molecule has 6 nitrogen and oxygen atoms in total. The van der Waals surface area contributed by atoms with Crippen molar-refractivity contribution >= 4 is 0 Å². The van der Waals surface area contributed by atoms with Crippen LogP contribution >= 0.6 is 0 Å². The highest BCUT2D eigenvalue weighted by Crippen LogP contribution is 2.19. The van der Waals surface area contributed by atoms with Crippen LogP contribution in [0.4, 0.5) is 0 Å². The van der Waals surface area contributed by atoms with Crippen LogP contribution in [0.15, 0.2) is 24.7 Å². The van der Waals surface area contributed by atoms with E-state index in [0.717, 1.165) is 37.3 Å². The van der Waals surface area contributed by atoms with Crippen molar-refractivity contribution in [2.24, 2.45) is 7.05 Å². The molecule has 0 bridgehead atoms. The lowest BCUT2D eigenvalue weighted by Crippen LogP contribution is -2.34. The molecule has 0 aromatic carbocycles. The highest BCUT2D eigenvalue weighted by molar-refractivity contribution is 5.53. The van der Waals surface area contributed by atoms with Crippen LogP contribution in [0.3, 0.4) is 0 Å². The average molecular weight is 259 g/mol. The lowest BCUT2D eigenvalue weighted by Gasteiger charge is -2.23. The van der Waals surface area contributed by atoms with Crippen LogP contribution in [0.2, 0.25) is 0 Å². The molecule has 0 spiro atoms. The summed E-state index contributed by atoms with van der Waals surface area (Å²) in [5, 5.41) is 7.45. The second-order valence-corrected chi connectivity index (χ2v) is 4.65. The van der Waals surface area contributed by atoms with Crippen molar-refractivity contribution < 1.29 is 4.74 Å². The highest BCUT2D eigenvalue weighted by Gasteiger charge is 2.15. The first kappa shape index (κ1) is 12.1. The first-order chi connectivity index (χ1) is 9.33. The smallest absolute Gasteiger partial charge is 0.233 e. The van der Waals surface area contributed by atoms with Gasteiger partial charge in [0.25, 0.3) is 0 Å². The van der Waals surface area contributed by atoms with E-state index in [1.807, 2.05) is 13.1 Å². The van der Waals surface area contributed by atoms with Gasteiger partial charge in [-0.3, -0.25) is 9.67 Å². The Morgan fingerprint density at radius 3 is 2.89 bits per heavy atom. The van der Waals surface area contributed by atoms with Crippen LogP contribution in [0.5, 0.6) is 5.88 Å². The molecule has 1 aliphatic heterocycles. The molecule has 1 fully saturated rings. The molecule has 6 heteroatoms. The van der Waals surface area contributed by atoms with Crippen LogP contribution in [-0.2, 0) is 7.05 Å². The maximum atomic E-state index is 5.89. The van der Waals surface area contributed by atoms with Gasteiger partial charge in [-0.2, -0.15) is 5.10 Å². The van der Waals surface area contributed by atoms with Crippen molar-refractivity contribution in [1.82, 2.24) is 25.1 Å². The van der Waals surface area contributed by atoms with E-state index >= 15 is 0 Å². The fourth-order valence-electron chi connectivity index (χ4n) is 2.24. The van der Waals surface area contributed by atoms with E-state index in [1.54, 1.807) is 23.3 Å². The number of nitrogens with zero attached hydrogens (tertiary/aromatic N) is 4. The van der Waals surface area contributed by atoms with Crippen molar-refractivity contribution in [3.05, 3.63) is 24.7 Å². The van der Waals surface area contributed by atoms with E-state index < -0.39 is 0 Å². The Bertz CT molecular complexity index is 547. The van der Waals surface area contributed by atoms with E-state index in [9.17, 15) is 0 Å². The molecule has 0 unspecified atom stereocenters. The monoisotopic (exact) mass is 259 g/mol. The molecule has 3 rings (SSSR count). The maximum Gasteiger partial charge on any atom is 0.233 e. The first-order valence-corrected chi connectivity index (χ1v) is 6.51. The van der Waals surface area contributed by atoms with Crippen molar-refractivity contribution in [3.63, 3.8) is 0 Å². The maximum absolute atomic E-state index is 5.89. The highest BCUT2D eigenvalue weighted by atomic mass is 16.5. The van der Waals surface area contributed by atoms with Gasteiger partial charge < -0.3 is 10.1 Å². The Morgan fingerprint density at radius 1 is 1.32 bits per heavy atom. The summed E-state index contributed by atoms with van der Waals surface area (Å²) in [5.41, 5.74) is 1.72. The minimum atomic E-state index is 0.234. The molecule has 1 N–H and O–H groups in total. The first-order valence-electron chi connectivity index (χ1n) is 6.51. The summed E-state index contributed by atoms with van der Waals surface area (Å²) >= 11 is 0. The SMILES string of the molecule is Cn1nccc1-c1cncc(OC2CCNCC2)n1. The predicted octanol–water partition coefficient (Wildman–Crippen LogP) is 1.01. The average Bonchev–Trinajstić information content (AvgIpc) is 2.86. The third-order valence-electron chi connectivity index (χ3n) is 3.27. The molecule has 0 aliphatic carbocycles. The van der Waals surface area contributed by atoms with E-state index in [2.05, 4.69) is 20.4 Å². The van der Waals surface area contributed by atoms with Gasteiger partial charge in [-0.05, 0) is 32.0 Å². The molecule has 0 radical (unpaired) electrons. The van der Waals surface area contributed by atoms with Gasteiger partial charge in [0.2, 0.25) is 5.88 Å². The molecular weight excluding hydrogens is 242 g/mol. The summed E-state index contributed by atoms with van der Waals surface area (Å²) in [4.78, 5) is 8.71. The van der Waals surface area contributed by atoms with Gasteiger partial charge in [0.15, 0.2) is 0 Å². The van der Waals surface area contributed by atoms with Crippen LogP contribution in [0.1, 0.15) is 12.8 Å². The summed E-state index contributed by atoms with van der Waals surface area (Å²) < 4.78 is 7.67. The standard InChI is InChI=1S/C13H17N5O/c1-18-12(4-7-16-18)11-8-15-9-13(17-11)19-10-2-5-14-6-3-10/h4,7-10,14H,2-3,5-6H2,1H3. The Kier molecular flexibility index (Phi) is 3.41.